The lowest BCUT2D eigenvalue weighted by atomic mass is 9.79. The van der Waals surface area contributed by atoms with Crippen molar-refractivity contribution in [2.45, 2.75) is 30.5 Å². The van der Waals surface area contributed by atoms with E-state index in [9.17, 15) is 9.59 Å². The number of para-hydroxylation sites is 1. The molecule has 3 atom stereocenters. The minimum absolute atomic E-state index is 0.0592. The maximum atomic E-state index is 13.0. The van der Waals surface area contributed by atoms with E-state index >= 15 is 0 Å². The minimum atomic E-state index is -1.20. The molecule has 13 nitrogen and oxygen atoms in total. The van der Waals surface area contributed by atoms with Gasteiger partial charge in [-0.2, -0.15) is 4.98 Å². The number of nitrogens with zero attached hydrogens (tertiary/aromatic N) is 3. The molecule has 3 N–H and O–H groups in total. The van der Waals surface area contributed by atoms with Gasteiger partial charge in [0.2, 0.25) is 5.95 Å². The van der Waals surface area contributed by atoms with Crippen LogP contribution >= 0.6 is 0 Å². The van der Waals surface area contributed by atoms with Crippen molar-refractivity contribution in [1.82, 2.24) is 19.5 Å². The Balaban J connectivity index is 1.29. The third-order valence-electron chi connectivity index (χ3n) is 8.95. The van der Waals surface area contributed by atoms with Gasteiger partial charge in [-0.25, -0.2) is 9.78 Å². The van der Waals surface area contributed by atoms with Gasteiger partial charge in [0.25, 0.3) is 5.56 Å². The van der Waals surface area contributed by atoms with Crippen LogP contribution < -0.4 is 25.5 Å². The number of aromatic amines is 1. The highest BCUT2D eigenvalue weighted by Gasteiger charge is 2.47. The molecule has 52 heavy (non-hydrogen) atoms. The van der Waals surface area contributed by atoms with Crippen LogP contribution in [0.1, 0.15) is 29.3 Å². The maximum absolute atomic E-state index is 13.0. The lowest BCUT2D eigenvalue weighted by Gasteiger charge is -2.39. The fourth-order valence-electron chi connectivity index (χ4n) is 6.43. The van der Waals surface area contributed by atoms with Crippen molar-refractivity contribution in [3.63, 3.8) is 0 Å². The second-order valence-corrected chi connectivity index (χ2v) is 12.1. The highest BCUT2D eigenvalue weighted by atomic mass is 16.6. The molecule has 0 bridgehead atoms. The molecular formula is C39H37N5O8. The lowest BCUT2D eigenvalue weighted by Crippen LogP contribution is -2.41. The van der Waals surface area contributed by atoms with Gasteiger partial charge in [-0.05, 0) is 53.1 Å². The number of anilines is 1. The summed E-state index contributed by atoms with van der Waals surface area (Å²) in [5.41, 5.74) is 7.07. The number of ether oxygens (including phenoxy) is 6. The van der Waals surface area contributed by atoms with Crippen molar-refractivity contribution in [3.8, 4) is 17.2 Å². The number of carbonyl (C=O) groups excluding carboxylic acids is 1. The van der Waals surface area contributed by atoms with Crippen LogP contribution in [0.5, 0.6) is 17.2 Å². The third-order valence-corrected chi connectivity index (χ3v) is 8.95. The zero-order valence-corrected chi connectivity index (χ0v) is 28.5. The molecule has 0 spiro atoms. The van der Waals surface area contributed by atoms with Gasteiger partial charge in [-0.15, -0.1) is 0 Å². The number of nitrogens with one attached hydrogen (secondary N) is 1. The second-order valence-electron chi connectivity index (χ2n) is 12.1. The van der Waals surface area contributed by atoms with Gasteiger partial charge in [-0.1, -0.05) is 72.8 Å². The molecule has 4 aromatic carbocycles. The fourth-order valence-corrected chi connectivity index (χ4v) is 6.43. The molecule has 1 aliphatic rings. The maximum Gasteiger partial charge on any atom is 0.344 e. The number of imidazole rings is 1. The number of nitrogens with two attached hydrogens (primary N) is 1. The number of esters is 1. The monoisotopic (exact) mass is 703 g/mol. The molecule has 6 aromatic rings. The number of fused-ring (bicyclic) bond motifs is 1. The summed E-state index contributed by atoms with van der Waals surface area (Å²) in [5.74, 6) is 1.26. The largest absolute Gasteiger partial charge is 0.497 e. The molecule has 266 valence electrons. The van der Waals surface area contributed by atoms with E-state index < -0.39 is 35.6 Å². The SMILES string of the molecule is COc1ccc(C(OC2CC(n3cnc4c(=O)[nH]c(N)nc43)OC2COC(=O)COc2ccccc2)(c2ccccc2)c2ccc(OC)cc2)cc1. The number of hydrogen-bond donors (Lipinski definition) is 2. The van der Waals surface area contributed by atoms with Gasteiger partial charge in [0.05, 0.1) is 26.7 Å². The van der Waals surface area contributed by atoms with Gasteiger partial charge in [0.1, 0.15) is 41.8 Å². The van der Waals surface area contributed by atoms with E-state index in [1.165, 1.54) is 6.33 Å². The topological polar surface area (TPSA) is 162 Å². The normalized spacial score (nSPS) is 17.2. The summed E-state index contributed by atoms with van der Waals surface area (Å²) < 4.78 is 38.0. The van der Waals surface area contributed by atoms with E-state index in [4.69, 9.17) is 34.2 Å². The number of nitrogen functional groups attached to an aromatic ring is 1. The molecular weight excluding hydrogens is 666 g/mol. The average molecular weight is 704 g/mol. The Labute approximate surface area is 298 Å². The van der Waals surface area contributed by atoms with Crippen molar-refractivity contribution in [2.24, 2.45) is 0 Å². The number of methoxy groups -OCH3 is 2. The number of rotatable bonds is 13. The van der Waals surface area contributed by atoms with Crippen molar-refractivity contribution >= 4 is 23.1 Å². The Hall–Kier alpha value is -6.18. The highest BCUT2D eigenvalue weighted by molar-refractivity contribution is 5.71. The van der Waals surface area contributed by atoms with Gasteiger partial charge in [0, 0.05) is 6.42 Å². The number of carbonyl (C=O) groups is 1. The van der Waals surface area contributed by atoms with Crippen LogP contribution in [0, 0.1) is 0 Å². The van der Waals surface area contributed by atoms with Crippen LogP contribution in [0.4, 0.5) is 5.95 Å². The van der Waals surface area contributed by atoms with Gasteiger partial charge >= 0.3 is 5.97 Å². The van der Waals surface area contributed by atoms with Gasteiger partial charge < -0.3 is 34.2 Å². The molecule has 13 heteroatoms. The standard InChI is InChI=1S/C39H37N5O8/c1-47-28-17-13-26(14-18-28)39(25-9-5-3-6-10-25,27-15-19-29(48-2)20-16-27)52-31-21-33(44-24-41-35-36(44)42-38(40)43-37(35)46)51-32(31)22-50-34(45)23-49-30-11-7-4-8-12-30/h3-20,24,31-33H,21-23H2,1-2H3,(H3,40,42,43,46). The molecule has 0 saturated carbocycles. The highest BCUT2D eigenvalue weighted by Crippen LogP contribution is 2.46. The summed E-state index contributed by atoms with van der Waals surface area (Å²) in [4.78, 5) is 36.7. The van der Waals surface area contributed by atoms with Crippen LogP contribution in [-0.4, -0.2) is 65.1 Å². The zero-order valence-electron chi connectivity index (χ0n) is 28.5. The van der Waals surface area contributed by atoms with E-state index in [1.54, 1.807) is 30.9 Å². The molecule has 7 rings (SSSR count). The Bertz CT molecular complexity index is 2130. The second kappa shape index (κ2) is 15.0. The van der Waals surface area contributed by atoms with Gasteiger partial charge in [-0.3, -0.25) is 14.3 Å². The molecule has 2 aromatic heterocycles. The average Bonchev–Trinajstić information content (AvgIpc) is 3.80. The van der Waals surface area contributed by atoms with Crippen molar-refractivity contribution in [1.29, 1.82) is 0 Å². The quantitative estimate of drug-likeness (QED) is 0.123. The van der Waals surface area contributed by atoms with E-state index in [0.717, 1.165) is 16.7 Å². The third kappa shape index (κ3) is 6.91. The summed E-state index contributed by atoms with van der Waals surface area (Å²) in [6, 6.07) is 34.2. The first-order chi connectivity index (χ1) is 25.4. The number of aromatic nitrogens is 4. The number of benzene rings is 4. The fraction of sp³-hybridized carbons (Fsp3) is 0.231. The molecule has 3 heterocycles. The van der Waals surface area contributed by atoms with Crippen LogP contribution in [0.15, 0.2) is 120 Å². The lowest BCUT2D eigenvalue weighted by molar-refractivity contribution is -0.155. The van der Waals surface area contributed by atoms with Crippen molar-refractivity contribution < 1.29 is 33.2 Å². The van der Waals surface area contributed by atoms with Crippen LogP contribution in [-0.2, 0) is 24.6 Å². The van der Waals surface area contributed by atoms with E-state index in [2.05, 4.69) is 15.0 Å². The first kappa shape index (κ1) is 34.3. The zero-order chi connectivity index (χ0) is 36.1. The number of H-pyrrole nitrogens is 1. The molecule has 1 saturated heterocycles. The summed E-state index contributed by atoms with van der Waals surface area (Å²) in [6.45, 7) is -0.452. The summed E-state index contributed by atoms with van der Waals surface area (Å²) in [5, 5.41) is 0. The Kier molecular flexibility index (Phi) is 9.87. The van der Waals surface area contributed by atoms with Crippen LogP contribution in [0.25, 0.3) is 11.2 Å². The molecule has 1 fully saturated rings. The molecule has 3 unspecified atom stereocenters. The Morgan fingerprint density at radius 1 is 0.865 bits per heavy atom. The number of hydrogen-bond acceptors (Lipinski definition) is 11. The van der Waals surface area contributed by atoms with Crippen LogP contribution in [0.2, 0.25) is 0 Å². The minimum Gasteiger partial charge on any atom is -0.497 e. The van der Waals surface area contributed by atoms with E-state index in [-0.39, 0.29) is 36.7 Å². The Morgan fingerprint density at radius 2 is 1.46 bits per heavy atom. The molecule has 1 aliphatic heterocycles. The predicted molar refractivity (Wildman–Crippen MR) is 191 cm³/mol. The molecule has 0 radical (unpaired) electrons. The summed E-state index contributed by atoms with van der Waals surface area (Å²) in [7, 11) is 3.23. The smallest absolute Gasteiger partial charge is 0.344 e. The van der Waals surface area contributed by atoms with Crippen molar-refractivity contribution in [2.75, 3.05) is 33.2 Å². The first-order valence-corrected chi connectivity index (χ1v) is 16.6. The predicted octanol–water partition coefficient (Wildman–Crippen LogP) is 5.01. The van der Waals surface area contributed by atoms with E-state index in [1.807, 2.05) is 97.1 Å². The summed E-state index contributed by atoms with van der Waals surface area (Å²) in [6.07, 6.45) is -0.430. The van der Waals surface area contributed by atoms with E-state index in [0.29, 0.717) is 17.2 Å². The molecule has 0 amide bonds. The van der Waals surface area contributed by atoms with Crippen molar-refractivity contribution in [3.05, 3.63) is 143 Å². The summed E-state index contributed by atoms with van der Waals surface area (Å²) >= 11 is 0. The van der Waals surface area contributed by atoms with Crippen LogP contribution in [0.3, 0.4) is 0 Å². The first-order valence-electron chi connectivity index (χ1n) is 16.6. The Morgan fingerprint density at radius 3 is 2.08 bits per heavy atom. The van der Waals surface area contributed by atoms with Gasteiger partial charge in [0.15, 0.2) is 17.8 Å². The molecule has 0 aliphatic carbocycles.